The van der Waals surface area contributed by atoms with Gasteiger partial charge in [0, 0.05) is 0 Å². The molecule has 0 unspecified atom stereocenters. The van der Waals surface area contributed by atoms with Gasteiger partial charge in [-0.2, -0.15) is 0 Å². The highest BCUT2D eigenvalue weighted by molar-refractivity contribution is 9.10. The van der Waals surface area contributed by atoms with Gasteiger partial charge in [-0.15, -0.1) is 0 Å². The molecule has 0 aliphatic carbocycles. The number of hydrogen-bond donors (Lipinski definition) is 2. The van der Waals surface area contributed by atoms with E-state index in [1.54, 1.807) is 13.8 Å². The molecule has 0 fully saturated rings. The van der Waals surface area contributed by atoms with Crippen LogP contribution in [0.25, 0.3) is 0 Å². The fourth-order valence-electron chi connectivity index (χ4n) is 1.11. The molecule has 0 radical (unpaired) electrons. The van der Waals surface area contributed by atoms with E-state index in [1.165, 1.54) is 18.2 Å². The van der Waals surface area contributed by atoms with E-state index in [1.807, 2.05) is 0 Å². The number of nitrogens with two attached hydrogens (primary N) is 1. The van der Waals surface area contributed by atoms with E-state index in [9.17, 15) is 9.18 Å². The van der Waals surface area contributed by atoms with Crippen molar-refractivity contribution in [2.45, 2.75) is 13.8 Å². The summed E-state index contributed by atoms with van der Waals surface area (Å²) in [5.74, 6) is 4.86. The van der Waals surface area contributed by atoms with Crippen LogP contribution in [0.1, 0.15) is 13.8 Å². The lowest BCUT2D eigenvalue weighted by Gasteiger charge is -2.22. The van der Waals surface area contributed by atoms with Gasteiger partial charge in [-0.1, -0.05) is 0 Å². The maximum atomic E-state index is 12.8. The summed E-state index contributed by atoms with van der Waals surface area (Å²) in [6.45, 7) is 3.54. The molecule has 3 N–H and O–H groups in total. The summed E-state index contributed by atoms with van der Waals surface area (Å²) >= 11 is 3.18. The standard InChI is InChI=1S/C11H14BrFN2O2/c1-11(2,10(16)15-14)6-17-9-4-3-7(13)5-8(9)12/h3-5H,6,14H2,1-2H3,(H,15,16). The molecule has 0 aromatic heterocycles. The number of carbonyl (C=O) groups excluding carboxylic acids is 1. The van der Waals surface area contributed by atoms with Gasteiger partial charge in [0.1, 0.15) is 18.2 Å². The number of benzene rings is 1. The summed E-state index contributed by atoms with van der Waals surface area (Å²) in [7, 11) is 0. The van der Waals surface area contributed by atoms with Crippen molar-refractivity contribution in [3.8, 4) is 5.75 Å². The molecular weight excluding hydrogens is 291 g/mol. The van der Waals surface area contributed by atoms with Crippen molar-refractivity contribution in [2.75, 3.05) is 6.61 Å². The zero-order chi connectivity index (χ0) is 13.1. The molecular formula is C11H14BrFN2O2. The van der Waals surface area contributed by atoms with Crippen molar-refractivity contribution in [3.63, 3.8) is 0 Å². The predicted molar refractivity (Wildman–Crippen MR) is 65.7 cm³/mol. The fourth-order valence-corrected chi connectivity index (χ4v) is 1.58. The van der Waals surface area contributed by atoms with Crippen LogP contribution in [0.3, 0.4) is 0 Å². The second-order valence-corrected chi connectivity index (χ2v) is 5.08. The number of hydrogen-bond acceptors (Lipinski definition) is 3. The Hall–Kier alpha value is -1.14. The smallest absolute Gasteiger partial charge is 0.242 e. The summed E-state index contributed by atoms with van der Waals surface area (Å²) in [5.41, 5.74) is 1.31. The first-order chi connectivity index (χ1) is 7.86. The third-order valence-corrected chi connectivity index (χ3v) is 2.85. The van der Waals surface area contributed by atoms with Crippen molar-refractivity contribution in [1.29, 1.82) is 0 Å². The molecule has 0 bridgehead atoms. The number of nitrogens with one attached hydrogen (secondary N) is 1. The van der Waals surface area contributed by atoms with Crippen molar-refractivity contribution < 1.29 is 13.9 Å². The molecule has 17 heavy (non-hydrogen) atoms. The molecule has 1 amide bonds. The molecule has 1 aromatic rings. The van der Waals surface area contributed by atoms with E-state index >= 15 is 0 Å². The van der Waals surface area contributed by atoms with E-state index in [0.717, 1.165) is 0 Å². The van der Waals surface area contributed by atoms with Crippen molar-refractivity contribution in [3.05, 3.63) is 28.5 Å². The second kappa shape index (κ2) is 5.46. The molecule has 0 atom stereocenters. The van der Waals surface area contributed by atoms with Crippen LogP contribution in [0.2, 0.25) is 0 Å². The highest BCUT2D eigenvalue weighted by Gasteiger charge is 2.28. The minimum absolute atomic E-state index is 0.139. The molecule has 0 saturated heterocycles. The first kappa shape index (κ1) is 13.9. The lowest BCUT2D eigenvalue weighted by atomic mass is 9.94. The first-order valence-electron chi connectivity index (χ1n) is 4.96. The minimum atomic E-state index is -0.761. The Morgan fingerprint density at radius 1 is 1.59 bits per heavy atom. The van der Waals surface area contributed by atoms with Crippen LogP contribution >= 0.6 is 15.9 Å². The van der Waals surface area contributed by atoms with Crippen LogP contribution in [-0.4, -0.2) is 12.5 Å². The number of rotatable bonds is 4. The van der Waals surface area contributed by atoms with E-state index in [4.69, 9.17) is 10.6 Å². The zero-order valence-electron chi connectivity index (χ0n) is 9.59. The van der Waals surface area contributed by atoms with Crippen molar-refractivity contribution in [1.82, 2.24) is 5.43 Å². The Kier molecular flexibility index (Phi) is 4.47. The fraction of sp³-hybridized carbons (Fsp3) is 0.364. The minimum Gasteiger partial charge on any atom is -0.491 e. The van der Waals surface area contributed by atoms with Crippen molar-refractivity contribution in [2.24, 2.45) is 11.3 Å². The number of ether oxygens (including phenoxy) is 1. The van der Waals surface area contributed by atoms with Gasteiger partial charge in [0.2, 0.25) is 5.91 Å². The number of carbonyl (C=O) groups is 1. The van der Waals surface area contributed by atoms with Gasteiger partial charge in [-0.05, 0) is 48.0 Å². The van der Waals surface area contributed by atoms with Gasteiger partial charge in [0.25, 0.3) is 0 Å². The third kappa shape index (κ3) is 3.67. The van der Waals surface area contributed by atoms with Gasteiger partial charge in [0.05, 0.1) is 9.89 Å². The van der Waals surface area contributed by atoms with Crippen LogP contribution in [0.5, 0.6) is 5.75 Å². The normalized spacial score (nSPS) is 11.1. The van der Waals surface area contributed by atoms with Gasteiger partial charge < -0.3 is 4.74 Å². The molecule has 0 saturated carbocycles. The Morgan fingerprint density at radius 3 is 2.76 bits per heavy atom. The number of halogens is 2. The maximum absolute atomic E-state index is 12.8. The van der Waals surface area contributed by atoms with Crippen LogP contribution in [0, 0.1) is 11.2 Å². The van der Waals surface area contributed by atoms with Crippen LogP contribution in [0.15, 0.2) is 22.7 Å². The van der Waals surface area contributed by atoms with Crippen LogP contribution in [0.4, 0.5) is 4.39 Å². The molecule has 0 aliphatic rings. The summed E-state index contributed by atoms with van der Waals surface area (Å²) in [6.07, 6.45) is 0. The van der Waals surface area contributed by atoms with Gasteiger partial charge in [-0.25, -0.2) is 10.2 Å². The predicted octanol–water partition coefficient (Wildman–Crippen LogP) is 1.98. The Labute approximate surface area is 107 Å². The Balaban J connectivity index is 2.70. The largest absolute Gasteiger partial charge is 0.491 e. The zero-order valence-corrected chi connectivity index (χ0v) is 11.2. The van der Waals surface area contributed by atoms with Gasteiger partial charge in [-0.3, -0.25) is 10.2 Å². The average molecular weight is 305 g/mol. The van der Waals surface area contributed by atoms with Gasteiger partial charge >= 0.3 is 0 Å². The Morgan fingerprint density at radius 2 is 2.24 bits per heavy atom. The molecule has 0 aliphatic heterocycles. The van der Waals surface area contributed by atoms with E-state index in [2.05, 4.69) is 21.4 Å². The lowest BCUT2D eigenvalue weighted by Crippen LogP contribution is -2.44. The third-order valence-electron chi connectivity index (χ3n) is 2.23. The van der Waals surface area contributed by atoms with Crippen LogP contribution < -0.4 is 16.0 Å². The highest BCUT2D eigenvalue weighted by Crippen LogP contribution is 2.27. The molecule has 6 heteroatoms. The second-order valence-electron chi connectivity index (χ2n) is 4.22. The molecule has 0 spiro atoms. The van der Waals surface area contributed by atoms with E-state index in [0.29, 0.717) is 10.2 Å². The summed E-state index contributed by atoms with van der Waals surface area (Å²) in [6, 6.07) is 4.08. The maximum Gasteiger partial charge on any atom is 0.242 e. The van der Waals surface area contributed by atoms with Crippen LogP contribution in [-0.2, 0) is 4.79 Å². The summed E-state index contributed by atoms with van der Waals surface area (Å²) < 4.78 is 18.8. The van der Waals surface area contributed by atoms with Gasteiger partial charge in [0.15, 0.2) is 0 Å². The quantitative estimate of drug-likeness (QED) is 0.508. The number of amides is 1. The molecule has 1 aromatic carbocycles. The number of hydrazine groups is 1. The lowest BCUT2D eigenvalue weighted by molar-refractivity contribution is -0.130. The summed E-state index contributed by atoms with van der Waals surface area (Å²) in [5, 5.41) is 0. The Bertz CT molecular complexity index is 424. The summed E-state index contributed by atoms with van der Waals surface area (Å²) in [4.78, 5) is 11.4. The topological polar surface area (TPSA) is 64.3 Å². The first-order valence-corrected chi connectivity index (χ1v) is 5.75. The molecule has 0 heterocycles. The average Bonchev–Trinajstić information content (AvgIpc) is 2.26. The van der Waals surface area contributed by atoms with E-state index < -0.39 is 5.41 Å². The highest BCUT2D eigenvalue weighted by atomic mass is 79.9. The van der Waals surface area contributed by atoms with E-state index in [-0.39, 0.29) is 18.3 Å². The monoisotopic (exact) mass is 304 g/mol. The van der Waals surface area contributed by atoms with Crippen molar-refractivity contribution >= 4 is 21.8 Å². The molecule has 4 nitrogen and oxygen atoms in total. The molecule has 94 valence electrons. The molecule has 1 rings (SSSR count). The SMILES string of the molecule is CC(C)(COc1ccc(F)cc1Br)C(=O)NN.